The molecule has 4 aromatic rings. The molecule has 5 heterocycles. The van der Waals surface area contributed by atoms with Crippen LogP contribution in [-0.4, -0.2) is 82.8 Å². The number of likely N-dealkylation sites (tertiary alicyclic amines) is 1. The second-order valence-corrected chi connectivity index (χ2v) is 17.2. The van der Waals surface area contributed by atoms with Crippen LogP contribution < -0.4 is 14.9 Å². The van der Waals surface area contributed by atoms with Crippen LogP contribution in [0.3, 0.4) is 0 Å². The number of nitrogens with one attached hydrogen (secondary N) is 2. The number of fused-ring (bicyclic) bond motifs is 2. The molecule has 0 saturated carbocycles. The quantitative estimate of drug-likeness (QED) is 0.126. The normalized spacial score (nSPS) is 21.3. The number of benzene rings is 2. The van der Waals surface area contributed by atoms with E-state index in [0.717, 1.165) is 34.9 Å². The fraction of sp³-hybridized carbons (Fsp3) is 0.410. The molecule has 12 nitrogen and oxygen atoms in total. The Bertz CT molecular complexity index is 2000. The predicted molar refractivity (Wildman–Crippen MR) is 202 cm³/mol. The van der Waals surface area contributed by atoms with Gasteiger partial charge in [0.25, 0.3) is 5.91 Å². The molecule has 0 aliphatic carbocycles. The Balaban J connectivity index is 1.01. The molecular formula is C39H44N5O7PS. The zero-order valence-corrected chi connectivity index (χ0v) is 31.4. The molecule has 14 heteroatoms. The lowest BCUT2D eigenvalue weighted by molar-refractivity contribution is -0.148. The first-order chi connectivity index (χ1) is 25.7. The van der Waals surface area contributed by atoms with E-state index in [1.54, 1.807) is 41.4 Å². The van der Waals surface area contributed by atoms with E-state index in [9.17, 15) is 23.7 Å². The highest BCUT2D eigenvalue weighted by atomic mass is 32.1. The summed E-state index contributed by atoms with van der Waals surface area (Å²) in [6.45, 7) is 3.13. The summed E-state index contributed by atoms with van der Waals surface area (Å²) in [6, 6.07) is 18.8. The number of nitrogens with zero attached hydrogens (tertiary/aromatic N) is 3. The van der Waals surface area contributed by atoms with E-state index in [0.29, 0.717) is 48.5 Å². The number of esters is 1. The molecule has 278 valence electrons. The minimum absolute atomic E-state index is 0.00480. The van der Waals surface area contributed by atoms with E-state index < -0.39 is 25.6 Å². The van der Waals surface area contributed by atoms with Crippen LogP contribution in [0.25, 0.3) is 10.1 Å². The maximum Gasteiger partial charge on any atom is 0.321 e. The first kappa shape index (κ1) is 36.8. The van der Waals surface area contributed by atoms with Gasteiger partial charge in [0.05, 0.1) is 17.6 Å². The van der Waals surface area contributed by atoms with Crippen molar-refractivity contribution in [1.82, 2.24) is 25.2 Å². The predicted octanol–water partition coefficient (Wildman–Crippen LogP) is 5.88. The van der Waals surface area contributed by atoms with Crippen LogP contribution in [0.2, 0.25) is 0 Å². The fourth-order valence-corrected chi connectivity index (χ4v) is 10.1. The van der Waals surface area contributed by atoms with Crippen LogP contribution in [0.5, 0.6) is 5.75 Å². The number of ether oxygens (including phenoxy) is 1. The third kappa shape index (κ3) is 8.48. The van der Waals surface area contributed by atoms with E-state index in [1.807, 2.05) is 54.4 Å². The molecule has 7 rings (SSSR count). The summed E-state index contributed by atoms with van der Waals surface area (Å²) in [7, 11) is -3.62. The van der Waals surface area contributed by atoms with Crippen molar-refractivity contribution in [3.63, 3.8) is 0 Å². The maximum absolute atomic E-state index is 14.1. The highest BCUT2D eigenvalue weighted by molar-refractivity contribution is 7.56. The van der Waals surface area contributed by atoms with Crippen LogP contribution in [0.1, 0.15) is 72.2 Å². The summed E-state index contributed by atoms with van der Waals surface area (Å²) in [5.41, 5.74) is 1.81. The van der Waals surface area contributed by atoms with Crippen molar-refractivity contribution >= 4 is 52.6 Å². The molecule has 0 radical (unpaired) electrons. The molecule has 3 aliphatic heterocycles. The van der Waals surface area contributed by atoms with Gasteiger partial charge in [-0.15, -0.1) is 11.3 Å². The van der Waals surface area contributed by atoms with Gasteiger partial charge >= 0.3 is 13.5 Å². The highest BCUT2D eigenvalue weighted by Crippen LogP contribution is 2.47. The number of carbonyl (C=O) groups is 4. The first-order valence-corrected chi connectivity index (χ1v) is 20.9. The van der Waals surface area contributed by atoms with Gasteiger partial charge in [0.15, 0.2) is 0 Å². The minimum atomic E-state index is -3.62. The monoisotopic (exact) mass is 757 g/mol. The number of hydrogen-bond acceptors (Lipinski definition) is 9. The Labute approximate surface area is 312 Å². The Hall–Kier alpha value is -4.58. The summed E-state index contributed by atoms with van der Waals surface area (Å²) in [5.74, 6) is -0.422. The van der Waals surface area contributed by atoms with Crippen molar-refractivity contribution < 1.29 is 33.0 Å². The Morgan fingerprint density at radius 1 is 1.00 bits per heavy atom. The van der Waals surface area contributed by atoms with Gasteiger partial charge in [0.1, 0.15) is 24.4 Å². The standard InChI is InChI=1S/C39H44N5O7PS/c1-2-18-50-36(45)22-41-52(49,51-31-10-4-3-5-11-31)25-26-13-16-34-28(19-26)20-35(53-34)37(46)42-32-12-6-9-30-14-15-33(44(30)38(32)47)39(48)43-23-29(24-43)27-8-7-17-40-21-27/h3-5,7-8,10-11,13,16-17,19-21,29-30,32-33H,2,6,9,12,14-15,18,22-25H2,1H3,(H,41,49)(H,42,46)/t30-,32-,33-,52?/m0/s1. The summed E-state index contributed by atoms with van der Waals surface area (Å²) >= 11 is 1.31. The molecule has 53 heavy (non-hydrogen) atoms. The Morgan fingerprint density at radius 3 is 2.60 bits per heavy atom. The van der Waals surface area contributed by atoms with Gasteiger partial charge < -0.3 is 24.4 Å². The number of rotatable bonds is 13. The number of amides is 3. The molecule has 2 N–H and O–H groups in total. The molecule has 1 unspecified atom stereocenters. The number of hydrogen-bond donors (Lipinski definition) is 2. The van der Waals surface area contributed by atoms with Crippen LogP contribution in [0, 0.1) is 0 Å². The average Bonchev–Trinajstić information content (AvgIpc) is 3.73. The summed E-state index contributed by atoms with van der Waals surface area (Å²) < 4.78 is 26.0. The largest absolute Gasteiger partial charge is 0.465 e. The van der Waals surface area contributed by atoms with E-state index in [-0.39, 0.29) is 49.0 Å². The lowest BCUT2D eigenvalue weighted by atomic mass is 9.92. The van der Waals surface area contributed by atoms with Gasteiger partial charge in [0.2, 0.25) is 11.8 Å². The first-order valence-electron chi connectivity index (χ1n) is 18.3. The molecule has 3 fully saturated rings. The Morgan fingerprint density at radius 2 is 1.83 bits per heavy atom. The Kier molecular flexibility index (Phi) is 11.2. The number of pyridine rings is 1. The van der Waals surface area contributed by atoms with Crippen molar-refractivity contribution in [2.24, 2.45) is 0 Å². The van der Waals surface area contributed by atoms with Gasteiger partial charge in [-0.25, -0.2) is 5.09 Å². The molecule has 0 bridgehead atoms. The van der Waals surface area contributed by atoms with Crippen molar-refractivity contribution in [3.05, 3.63) is 95.1 Å². The summed E-state index contributed by atoms with van der Waals surface area (Å²) in [4.78, 5) is 61.8. The van der Waals surface area contributed by atoms with E-state index >= 15 is 0 Å². The maximum atomic E-state index is 14.1. The highest BCUT2D eigenvalue weighted by Gasteiger charge is 2.47. The van der Waals surface area contributed by atoms with Crippen molar-refractivity contribution in [2.75, 3.05) is 26.2 Å². The number of carbonyl (C=O) groups excluding carboxylic acids is 4. The van der Waals surface area contributed by atoms with E-state index in [2.05, 4.69) is 15.4 Å². The number of para-hydroxylation sites is 1. The molecule has 2 aromatic carbocycles. The third-order valence-corrected chi connectivity index (χ3v) is 13.2. The van der Waals surface area contributed by atoms with E-state index in [4.69, 9.17) is 9.26 Å². The van der Waals surface area contributed by atoms with Gasteiger partial charge in [0, 0.05) is 42.1 Å². The van der Waals surface area contributed by atoms with Crippen LogP contribution in [0.15, 0.2) is 79.1 Å². The fourth-order valence-electron chi connectivity index (χ4n) is 7.43. The van der Waals surface area contributed by atoms with Gasteiger partial charge in [-0.3, -0.25) is 28.7 Å². The summed E-state index contributed by atoms with van der Waals surface area (Å²) in [5, 5.41) is 6.59. The lowest BCUT2D eigenvalue weighted by Gasteiger charge is -2.42. The van der Waals surface area contributed by atoms with Crippen molar-refractivity contribution in [3.8, 4) is 5.75 Å². The van der Waals surface area contributed by atoms with E-state index in [1.165, 1.54) is 11.3 Å². The van der Waals surface area contributed by atoms with Gasteiger partial charge in [-0.05, 0) is 91.4 Å². The van der Waals surface area contributed by atoms with Crippen molar-refractivity contribution in [2.45, 2.75) is 75.7 Å². The molecule has 2 aromatic heterocycles. The SMILES string of the molecule is CCCOC(=O)CNP(=O)(Cc1ccc2sc(C(=O)N[C@H]3CCC[C@H]4CC[C@@H](C(=O)N5CC(c6cccnc6)C5)N4C3=O)cc2c1)Oc1ccccc1. The van der Waals surface area contributed by atoms with Gasteiger partial charge in [-0.2, -0.15) is 0 Å². The zero-order valence-electron chi connectivity index (χ0n) is 29.6. The summed E-state index contributed by atoms with van der Waals surface area (Å²) in [6.07, 6.45) is 7.75. The molecule has 3 saturated heterocycles. The smallest absolute Gasteiger partial charge is 0.321 e. The molecule has 3 amide bonds. The molecular weight excluding hydrogens is 713 g/mol. The molecule has 0 spiro atoms. The second kappa shape index (κ2) is 16.2. The third-order valence-electron chi connectivity index (χ3n) is 10.1. The molecule has 4 atom stereocenters. The van der Waals surface area contributed by atoms with Crippen molar-refractivity contribution in [1.29, 1.82) is 0 Å². The van der Waals surface area contributed by atoms with Crippen LogP contribution >= 0.6 is 18.9 Å². The minimum Gasteiger partial charge on any atom is -0.465 e. The van der Waals surface area contributed by atoms with Crippen LogP contribution in [-0.2, 0) is 29.8 Å². The van der Waals surface area contributed by atoms with Gasteiger partial charge in [-0.1, -0.05) is 37.3 Å². The second-order valence-electron chi connectivity index (χ2n) is 13.9. The number of thiophene rings is 1. The zero-order chi connectivity index (χ0) is 37.0. The number of aromatic nitrogens is 1. The lowest BCUT2D eigenvalue weighted by Crippen LogP contribution is -2.58. The average molecular weight is 758 g/mol. The topological polar surface area (TPSA) is 147 Å². The van der Waals surface area contributed by atoms with Crippen LogP contribution in [0.4, 0.5) is 0 Å². The molecule has 3 aliphatic rings.